The van der Waals surface area contributed by atoms with E-state index in [0.717, 1.165) is 5.56 Å². The summed E-state index contributed by atoms with van der Waals surface area (Å²) in [6.45, 7) is 0.836. The van der Waals surface area contributed by atoms with Crippen molar-refractivity contribution >= 4 is 27.7 Å². The fourth-order valence-electron chi connectivity index (χ4n) is 2.22. The van der Waals surface area contributed by atoms with Gasteiger partial charge in [0.15, 0.2) is 5.75 Å². The zero-order valence-corrected chi connectivity index (χ0v) is 13.2. The van der Waals surface area contributed by atoms with E-state index in [4.69, 9.17) is 9.47 Å². The van der Waals surface area contributed by atoms with Gasteiger partial charge in [0.2, 0.25) is 0 Å². The molecule has 0 unspecified atom stereocenters. The summed E-state index contributed by atoms with van der Waals surface area (Å²) in [6.07, 6.45) is -0.480. The van der Waals surface area contributed by atoms with Crippen molar-refractivity contribution in [2.24, 2.45) is 0 Å². The molecule has 0 fully saturated rings. The second-order valence-electron chi connectivity index (χ2n) is 4.75. The molecular weight excluding hydrogens is 353 g/mol. The predicted molar refractivity (Wildman–Crippen MR) is 83.6 cm³/mol. The molecule has 1 heterocycles. The average molecular weight is 366 g/mol. The number of anilines is 1. The minimum atomic E-state index is -0.480. The summed E-state index contributed by atoms with van der Waals surface area (Å²) in [5.41, 5.74) is 1.40. The first kappa shape index (κ1) is 14.8. The van der Waals surface area contributed by atoms with Gasteiger partial charge in [-0.3, -0.25) is 4.90 Å². The lowest BCUT2D eigenvalue weighted by molar-refractivity contribution is 0.144. The van der Waals surface area contributed by atoms with Gasteiger partial charge in [-0.15, -0.1) is 0 Å². The van der Waals surface area contributed by atoms with Crippen LogP contribution in [0.25, 0.3) is 0 Å². The highest BCUT2D eigenvalue weighted by Crippen LogP contribution is 2.39. The van der Waals surface area contributed by atoms with Crippen molar-refractivity contribution in [2.45, 2.75) is 6.61 Å². The number of hydrogen-bond acceptors (Lipinski definition) is 3. The largest absolute Gasteiger partial charge is 0.488 e. The van der Waals surface area contributed by atoms with Gasteiger partial charge in [0.25, 0.3) is 0 Å². The van der Waals surface area contributed by atoms with Crippen molar-refractivity contribution in [3.05, 3.63) is 58.3 Å². The Balaban J connectivity index is 1.76. The van der Waals surface area contributed by atoms with E-state index in [2.05, 4.69) is 15.9 Å². The Labute approximate surface area is 135 Å². The van der Waals surface area contributed by atoms with Crippen LogP contribution < -0.4 is 9.64 Å². The second kappa shape index (κ2) is 6.36. The predicted octanol–water partition coefficient (Wildman–Crippen LogP) is 4.12. The summed E-state index contributed by atoms with van der Waals surface area (Å²) < 4.78 is 24.5. The van der Waals surface area contributed by atoms with Crippen molar-refractivity contribution in [1.82, 2.24) is 0 Å². The summed E-state index contributed by atoms with van der Waals surface area (Å²) in [5, 5.41) is 0. The lowest BCUT2D eigenvalue weighted by Gasteiger charge is -2.29. The van der Waals surface area contributed by atoms with Gasteiger partial charge in [0.1, 0.15) is 19.0 Å². The number of nitrogens with zero attached hydrogens (tertiary/aromatic N) is 1. The number of amides is 1. The molecule has 2 aromatic rings. The highest BCUT2D eigenvalue weighted by molar-refractivity contribution is 9.10. The number of fused-ring (bicyclic) bond motifs is 1. The number of rotatable bonds is 2. The Morgan fingerprint density at radius 3 is 2.82 bits per heavy atom. The maximum atomic E-state index is 13.5. The van der Waals surface area contributed by atoms with Crippen LogP contribution in [0.1, 0.15) is 5.56 Å². The Hall–Kier alpha value is -2.08. The van der Waals surface area contributed by atoms with Gasteiger partial charge in [-0.1, -0.05) is 30.3 Å². The van der Waals surface area contributed by atoms with E-state index in [-0.39, 0.29) is 17.7 Å². The molecule has 2 aromatic carbocycles. The Morgan fingerprint density at radius 2 is 2.05 bits per heavy atom. The lowest BCUT2D eigenvalue weighted by Crippen LogP contribution is -2.38. The monoisotopic (exact) mass is 365 g/mol. The molecule has 6 heteroatoms. The van der Waals surface area contributed by atoms with E-state index < -0.39 is 11.9 Å². The molecule has 0 saturated carbocycles. The smallest absolute Gasteiger partial charge is 0.414 e. The fourth-order valence-corrected chi connectivity index (χ4v) is 2.67. The summed E-state index contributed by atoms with van der Waals surface area (Å²) in [4.78, 5) is 13.7. The van der Waals surface area contributed by atoms with Crippen LogP contribution in [0.15, 0.2) is 46.9 Å². The van der Waals surface area contributed by atoms with Crippen LogP contribution in [0.2, 0.25) is 0 Å². The summed E-state index contributed by atoms with van der Waals surface area (Å²) in [5.74, 6) is -0.110. The molecule has 0 spiro atoms. The molecule has 0 bridgehead atoms. The maximum Gasteiger partial charge on any atom is 0.414 e. The van der Waals surface area contributed by atoms with Crippen molar-refractivity contribution < 1.29 is 18.7 Å². The van der Waals surface area contributed by atoms with E-state index in [1.54, 1.807) is 0 Å². The van der Waals surface area contributed by atoms with Gasteiger partial charge >= 0.3 is 6.09 Å². The van der Waals surface area contributed by atoms with Gasteiger partial charge in [-0.25, -0.2) is 9.18 Å². The molecular formula is C16H13BrFNO3. The van der Waals surface area contributed by atoms with Crippen LogP contribution in [0.4, 0.5) is 14.9 Å². The summed E-state index contributed by atoms with van der Waals surface area (Å²) >= 11 is 3.14. The van der Waals surface area contributed by atoms with E-state index in [9.17, 15) is 9.18 Å². The zero-order chi connectivity index (χ0) is 15.5. The third-order valence-electron chi connectivity index (χ3n) is 3.31. The minimum Gasteiger partial charge on any atom is -0.488 e. The fraction of sp³-hybridized carbons (Fsp3) is 0.188. The molecule has 0 atom stereocenters. The minimum absolute atomic E-state index is 0.189. The van der Waals surface area contributed by atoms with Gasteiger partial charge in [-0.2, -0.15) is 0 Å². The van der Waals surface area contributed by atoms with E-state index >= 15 is 0 Å². The first-order chi connectivity index (χ1) is 10.7. The number of hydrogen-bond donors (Lipinski definition) is 0. The first-order valence-electron chi connectivity index (χ1n) is 6.76. The lowest BCUT2D eigenvalue weighted by atomic mass is 10.2. The number of halogens is 2. The van der Waals surface area contributed by atoms with Gasteiger partial charge in [0.05, 0.1) is 16.7 Å². The van der Waals surface area contributed by atoms with Crippen LogP contribution in [-0.4, -0.2) is 19.2 Å². The van der Waals surface area contributed by atoms with Gasteiger partial charge in [0, 0.05) is 0 Å². The van der Waals surface area contributed by atoms with Gasteiger partial charge in [-0.05, 0) is 33.6 Å². The highest BCUT2D eigenvalue weighted by Gasteiger charge is 2.27. The number of benzene rings is 2. The van der Waals surface area contributed by atoms with Crippen molar-refractivity contribution in [2.75, 3.05) is 18.1 Å². The zero-order valence-electron chi connectivity index (χ0n) is 11.6. The molecule has 114 valence electrons. The SMILES string of the molecule is O=C(OCc1ccccc1)N1CCOc2c1ccc(F)c2Br. The van der Waals surface area contributed by atoms with E-state index in [1.165, 1.54) is 17.0 Å². The van der Waals surface area contributed by atoms with Crippen LogP contribution >= 0.6 is 15.9 Å². The first-order valence-corrected chi connectivity index (χ1v) is 7.55. The third kappa shape index (κ3) is 2.92. The Bertz CT molecular complexity index is 693. The highest BCUT2D eigenvalue weighted by atomic mass is 79.9. The molecule has 1 amide bonds. The molecule has 0 N–H and O–H groups in total. The number of ether oxygens (including phenoxy) is 2. The van der Waals surface area contributed by atoms with Crippen molar-refractivity contribution in [3.8, 4) is 5.75 Å². The van der Waals surface area contributed by atoms with E-state index in [1.807, 2.05) is 30.3 Å². The number of carbonyl (C=O) groups excluding carboxylic acids is 1. The van der Waals surface area contributed by atoms with E-state index in [0.29, 0.717) is 18.0 Å². The molecule has 1 aliphatic rings. The van der Waals surface area contributed by atoms with Crippen LogP contribution in [0.5, 0.6) is 5.75 Å². The standard InChI is InChI=1S/C16H13BrFNO3/c17-14-12(18)6-7-13-15(14)21-9-8-19(13)16(20)22-10-11-4-2-1-3-5-11/h1-7H,8-10H2. The molecule has 0 radical (unpaired) electrons. The quantitative estimate of drug-likeness (QED) is 0.803. The molecule has 0 saturated heterocycles. The normalized spacial score (nSPS) is 13.3. The van der Waals surface area contributed by atoms with Crippen molar-refractivity contribution in [1.29, 1.82) is 0 Å². The van der Waals surface area contributed by atoms with Crippen molar-refractivity contribution in [3.63, 3.8) is 0 Å². The Kier molecular flexibility index (Phi) is 4.29. The topological polar surface area (TPSA) is 38.8 Å². The molecule has 0 aromatic heterocycles. The molecule has 0 aliphatic carbocycles. The molecule has 3 rings (SSSR count). The van der Waals surface area contributed by atoms with Crippen LogP contribution in [0, 0.1) is 5.82 Å². The third-order valence-corrected chi connectivity index (χ3v) is 4.05. The van der Waals surface area contributed by atoms with Crippen LogP contribution in [0.3, 0.4) is 0 Å². The maximum absolute atomic E-state index is 13.5. The number of carbonyl (C=O) groups is 1. The molecule has 4 nitrogen and oxygen atoms in total. The Morgan fingerprint density at radius 1 is 1.27 bits per heavy atom. The molecule has 22 heavy (non-hydrogen) atoms. The second-order valence-corrected chi connectivity index (χ2v) is 5.54. The summed E-state index contributed by atoms with van der Waals surface area (Å²) in [6, 6.07) is 12.2. The summed E-state index contributed by atoms with van der Waals surface area (Å²) in [7, 11) is 0. The molecule has 1 aliphatic heterocycles. The average Bonchev–Trinajstić information content (AvgIpc) is 2.56. The van der Waals surface area contributed by atoms with Crippen LogP contribution in [-0.2, 0) is 11.3 Å². The van der Waals surface area contributed by atoms with Gasteiger partial charge < -0.3 is 9.47 Å².